The van der Waals surface area contributed by atoms with Crippen LogP contribution >= 0.6 is 0 Å². The average molecular weight is 211 g/mol. The Hall–Kier alpha value is -0.610. The highest BCUT2D eigenvalue weighted by Gasteiger charge is 2.23. The van der Waals surface area contributed by atoms with E-state index in [1.807, 2.05) is 0 Å². The van der Waals surface area contributed by atoms with Crippen LogP contribution in [0.25, 0.3) is 0 Å². The molecule has 86 valence electrons. The molecule has 0 saturated carbocycles. The third-order valence-corrected chi connectivity index (χ3v) is 3.39. The molecule has 2 aliphatic rings. The summed E-state index contributed by atoms with van der Waals surface area (Å²) in [7, 11) is 2.19. The number of amides is 1. The quantitative estimate of drug-likeness (QED) is 0.680. The topological polar surface area (TPSA) is 44.4 Å². The van der Waals surface area contributed by atoms with Crippen LogP contribution < -0.4 is 10.6 Å². The standard InChI is InChI=1S/C11H21N3O/c1-14-4-2-3-9(8-14)6-12-10-5-11(15)13-7-10/h9-10,12H,2-8H2,1H3,(H,13,15). The number of piperidine rings is 1. The molecule has 15 heavy (non-hydrogen) atoms. The molecule has 0 bridgehead atoms. The van der Waals surface area contributed by atoms with E-state index < -0.39 is 0 Å². The Labute approximate surface area is 91.4 Å². The minimum absolute atomic E-state index is 0.188. The van der Waals surface area contributed by atoms with Gasteiger partial charge in [-0.25, -0.2) is 0 Å². The summed E-state index contributed by atoms with van der Waals surface area (Å²) in [6.07, 6.45) is 3.29. The number of carbonyl (C=O) groups is 1. The van der Waals surface area contributed by atoms with E-state index in [1.54, 1.807) is 0 Å². The SMILES string of the molecule is CN1CCCC(CNC2CNC(=O)C2)C1. The first kappa shape index (κ1) is 10.9. The van der Waals surface area contributed by atoms with Gasteiger partial charge in [0.2, 0.25) is 5.91 Å². The van der Waals surface area contributed by atoms with Gasteiger partial charge >= 0.3 is 0 Å². The molecule has 0 radical (unpaired) electrons. The Morgan fingerprint density at radius 2 is 2.47 bits per heavy atom. The summed E-state index contributed by atoms with van der Waals surface area (Å²) in [6, 6.07) is 0.365. The number of likely N-dealkylation sites (tertiary alicyclic amines) is 1. The first-order chi connectivity index (χ1) is 7.24. The summed E-state index contributed by atoms with van der Waals surface area (Å²) in [5.41, 5.74) is 0. The summed E-state index contributed by atoms with van der Waals surface area (Å²) in [5, 5.41) is 6.35. The van der Waals surface area contributed by atoms with Crippen molar-refractivity contribution in [3.8, 4) is 0 Å². The molecule has 0 spiro atoms. The summed E-state index contributed by atoms with van der Waals surface area (Å²) >= 11 is 0. The molecule has 2 unspecified atom stereocenters. The summed E-state index contributed by atoms with van der Waals surface area (Å²) in [6.45, 7) is 4.30. The molecule has 0 aromatic carbocycles. The van der Waals surface area contributed by atoms with Crippen LogP contribution in [0.3, 0.4) is 0 Å². The number of hydrogen-bond acceptors (Lipinski definition) is 3. The van der Waals surface area contributed by atoms with Crippen molar-refractivity contribution < 1.29 is 4.79 Å². The molecule has 2 fully saturated rings. The normalized spacial score (nSPS) is 33.0. The highest BCUT2D eigenvalue weighted by molar-refractivity contribution is 5.78. The smallest absolute Gasteiger partial charge is 0.221 e. The van der Waals surface area contributed by atoms with Crippen LogP contribution in [0.15, 0.2) is 0 Å². The molecular formula is C11H21N3O. The van der Waals surface area contributed by atoms with Gasteiger partial charge in [0.25, 0.3) is 0 Å². The van der Waals surface area contributed by atoms with Crippen LogP contribution in [-0.2, 0) is 4.79 Å². The second-order valence-electron chi connectivity index (χ2n) is 4.88. The van der Waals surface area contributed by atoms with Crippen LogP contribution in [-0.4, -0.2) is 50.1 Å². The van der Waals surface area contributed by atoms with Crippen LogP contribution in [0.2, 0.25) is 0 Å². The van der Waals surface area contributed by atoms with E-state index in [0.29, 0.717) is 12.5 Å². The van der Waals surface area contributed by atoms with Crippen LogP contribution in [0.5, 0.6) is 0 Å². The molecule has 4 heteroatoms. The van der Waals surface area contributed by atoms with Gasteiger partial charge in [-0.3, -0.25) is 4.79 Å². The first-order valence-corrected chi connectivity index (χ1v) is 5.92. The number of nitrogens with zero attached hydrogens (tertiary/aromatic N) is 1. The second-order valence-corrected chi connectivity index (χ2v) is 4.88. The van der Waals surface area contributed by atoms with E-state index in [1.165, 1.54) is 25.9 Å². The molecule has 1 amide bonds. The molecule has 2 aliphatic heterocycles. The second kappa shape index (κ2) is 4.94. The van der Waals surface area contributed by atoms with Crippen molar-refractivity contribution >= 4 is 5.91 Å². The Morgan fingerprint density at radius 3 is 3.13 bits per heavy atom. The largest absolute Gasteiger partial charge is 0.354 e. The van der Waals surface area contributed by atoms with Crippen molar-refractivity contribution in [2.45, 2.75) is 25.3 Å². The lowest BCUT2D eigenvalue weighted by atomic mass is 9.98. The maximum absolute atomic E-state index is 11.0. The van der Waals surface area contributed by atoms with E-state index in [9.17, 15) is 4.79 Å². The summed E-state index contributed by atoms with van der Waals surface area (Å²) in [5.74, 6) is 0.952. The maximum atomic E-state index is 11.0. The Bertz CT molecular complexity index is 232. The molecule has 2 saturated heterocycles. The fraction of sp³-hybridized carbons (Fsp3) is 0.909. The van der Waals surface area contributed by atoms with Crippen molar-refractivity contribution in [3.63, 3.8) is 0 Å². The molecular weight excluding hydrogens is 190 g/mol. The minimum Gasteiger partial charge on any atom is -0.354 e. The molecule has 0 aromatic heterocycles. The minimum atomic E-state index is 0.188. The average Bonchev–Trinajstić information content (AvgIpc) is 2.62. The van der Waals surface area contributed by atoms with Gasteiger partial charge < -0.3 is 15.5 Å². The fourth-order valence-electron chi connectivity index (χ4n) is 2.52. The van der Waals surface area contributed by atoms with E-state index in [-0.39, 0.29) is 5.91 Å². The number of nitrogens with one attached hydrogen (secondary N) is 2. The van der Waals surface area contributed by atoms with E-state index >= 15 is 0 Å². The Morgan fingerprint density at radius 1 is 1.60 bits per heavy atom. The van der Waals surface area contributed by atoms with Gasteiger partial charge in [-0.05, 0) is 38.9 Å². The third-order valence-electron chi connectivity index (χ3n) is 3.39. The highest BCUT2D eigenvalue weighted by atomic mass is 16.1. The maximum Gasteiger partial charge on any atom is 0.221 e. The van der Waals surface area contributed by atoms with E-state index in [2.05, 4.69) is 22.6 Å². The molecule has 2 N–H and O–H groups in total. The monoisotopic (exact) mass is 211 g/mol. The molecule has 2 heterocycles. The van der Waals surface area contributed by atoms with Gasteiger partial charge in [0, 0.05) is 25.6 Å². The molecule has 0 aromatic rings. The van der Waals surface area contributed by atoms with Gasteiger partial charge in [-0.15, -0.1) is 0 Å². The molecule has 2 atom stereocenters. The summed E-state index contributed by atoms with van der Waals surface area (Å²) in [4.78, 5) is 13.4. The zero-order valence-electron chi connectivity index (χ0n) is 9.46. The summed E-state index contributed by atoms with van der Waals surface area (Å²) < 4.78 is 0. The van der Waals surface area contributed by atoms with E-state index in [4.69, 9.17) is 0 Å². The Kier molecular flexibility index (Phi) is 3.59. The predicted molar refractivity (Wildman–Crippen MR) is 59.6 cm³/mol. The molecule has 4 nitrogen and oxygen atoms in total. The number of rotatable bonds is 3. The van der Waals surface area contributed by atoms with Crippen LogP contribution in [0.4, 0.5) is 0 Å². The van der Waals surface area contributed by atoms with Crippen LogP contribution in [0, 0.1) is 5.92 Å². The zero-order valence-corrected chi connectivity index (χ0v) is 9.46. The lowest BCUT2D eigenvalue weighted by Gasteiger charge is -2.30. The van der Waals surface area contributed by atoms with Crippen molar-refractivity contribution in [2.75, 3.05) is 33.2 Å². The third kappa shape index (κ3) is 3.18. The van der Waals surface area contributed by atoms with Gasteiger partial charge in [0.05, 0.1) is 0 Å². The number of hydrogen-bond donors (Lipinski definition) is 2. The van der Waals surface area contributed by atoms with Gasteiger partial charge in [-0.1, -0.05) is 0 Å². The molecule has 2 rings (SSSR count). The van der Waals surface area contributed by atoms with Crippen molar-refractivity contribution in [1.82, 2.24) is 15.5 Å². The van der Waals surface area contributed by atoms with Gasteiger partial charge in [-0.2, -0.15) is 0 Å². The van der Waals surface area contributed by atoms with Gasteiger partial charge in [0.15, 0.2) is 0 Å². The highest BCUT2D eigenvalue weighted by Crippen LogP contribution is 2.14. The predicted octanol–water partition coefficient (Wildman–Crippen LogP) is -0.194. The first-order valence-electron chi connectivity index (χ1n) is 5.92. The van der Waals surface area contributed by atoms with E-state index in [0.717, 1.165) is 19.0 Å². The van der Waals surface area contributed by atoms with Crippen molar-refractivity contribution in [2.24, 2.45) is 5.92 Å². The van der Waals surface area contributed by atoms with Gasteiger partial charge in [0.1, 0.15) is 0 Å². The number of carbonyl (C=O) groups excluding carboxylic acids is 1. The Balaban J connectivity index is 1.66. The van der Waals surface area contributed by atoms with Crippen molar-refractivity contribution in [3.05, 3.63) is 0 Å². The van der Waals surface area contributed by atoms with Crippen LogP contribution in [0.1, 0.15) is 19.3 Å². The fourth-order valence-corrected chi connectivity index (χ4v) is 2.52. The molecule has 0 aliphatic carbocycles. The lowest BCUT2D eigenvalue weighted by molar-refractivity contribution is -0.119. The lowest BCUT2D eigenvalue weighted by Crippen LogP contribution is -2.41. The van der Waals surface area contributed by atoms with Crippen molar-refractivity contribution in [1.29, 1.82) is 0 Å². The zero-order chi connectivity index (χ0) is 10.7.